The van der Waals surface area contributed by atoms with Gasteiger partial charge < -0.3 is 5.32 Å². The Kier molecular flexibility index (Phi) is 6.55. The summed E-state index contributed by atoms with van der Waals surface area (Å²) in [5.41, 5.74) is 3.36. The van der Waals surface area contributed by atoms with Crippen molar-refractivity contribution in [1.29, 1.82) is 0 Å². The lowest BCUT2D eigenvalue weighted by Gasteiger charge is -2.32. The van der Waals surface area contributed by atoms with Gasteiger partial charge in [-0.2, -0.15) is 0 Å². The number of nitrogens with zero attached hydrogens (tertiary/aromatic N) is 2. The molecule has 0 atom stereocenters. The Labute approximate surface area is 180 Å². The standard InChI is InChI=1S/C24H26FN3OS/c1-17-4-9-22(24(29)26-15-18-5-7-20(25)8-6-18)23(27-17)19-10-12-28(13-11-19)16-21-3-2-14-30-21/h2-9,14,19H,10-13,15-16H2,1H3,(H,26,29). The zero-order chi connectivity index (χ0) is 20.9. The molecule has 30 heavy (non-hydrogen) atoms. The predicted octanol–water partition coefficient (Wildman–Crippen LogP) is 4.90. The van der Waals surface area contributed by atoms with E-state index in [-0.39, 0.29) is 17.6 Å². The summed E-state index contributed by atoms with van der Waals surface area (Å²) in [5, 5.41) is 5.08. The van der Waals surface area contributed by atoms with Crippen LogP contribution < -0.4 is 5.32 Å². The highest BCUT2D eigenvalue weighted by Gasteiger charge is 2.26. The molecule has 1 aromatic carbocycles. The zero-order valence-corrected chi connectivity index (χ0v) is 17.9. The van der Waals surface area contributed by atoms with E-state index in [0.717, 1.165) is 49.4 Å². The Morgan fingerprint density at radius 2 is 1.93 bits per heavy atom. The molecule has 3 aromatic rings. The molecule has 1 amide bonds. The number of amides is 1. The highest BCUT2D eigenvalue weighted by molar-refractivity contribution is 7.09. The van der Waals surface area contributed by atoms with Crippen LogP contribution in [0.2, 0.25) is 0 Å². The van der Waals surface area contributed by atoms with E-state index in [0.29, 0.717) is 12.1 Å². The van der Waals surface area contributed by atoms with Crippen molar-refractivity contribution in [2.45, 2.75) is 38.8 Å². The molecule has 4 rings (SSSR count). The molecule has 0 saturated carbocycles. The van der Waals surface area contributed by atoms with Crippen LogP contribution in [0.4, 0.5) is 4.39 Å². The SMILES string of the molecule is Cc1ccc(C(=O)NCc2ccc(F)cc2)c(C2CCN(Cc3cccs3)CC2)n1. The first kappa shape index (κ1) is 20.7. The van der Waals surface area contributed by atoms with E-state index in [2.05, 4.69) is 27.7 Å². The molecule has 4 nitrogen and oxygen atoms in total. The first-order valence-corrected chi connectivity index (χ1v) is 11.2. The minimum atomic E-state index is -0.277. The number of carbonyl (C=O) groups excluding carboxylic acids is 1. The Balaban J connectivity index is 1.41. The van der Waals surface area contributed by atoms with Crippen molar-refractivity contribution < 1.29 is 9.18 Å². The Bertz CT molecular complexity index is 980. The molecule has 0 bridgehead atoms. The molecule has 0 unspecified atom stereocenters. The molecule has 6 heteroatoms. The van der Waals surface area contributed by atoms with Crippen molar-refractivity contribution in [3.63, 3.8) is 0 Å². The van der Waals surface area contributed by atoms with Crippen molar-refractivity contribution in [3.05, 3.63) is 87.1 Å². The van der Waals surface area contributed by atoms with E-state index >= 15 is 0 Å². The minimum Gasteiger partial charge on any atom is -0.348 e. The van der Waals surface area contributed by atoms with Crippen molar-refractivity contribution in [1.82, 2.24) is 15.2 Å². The third kappa shape index (κ3) is 5.12. The van der Waals surface area contributed by atoms with Gasteiger partial charge in [0.2, 0.25) is 0 Å². The van der Waals surface area contributed by atoms with Gasteiger partial charge in [-0.15, -0.1) is 11.3 Å². The molecule has 2 aromatic heterocycles. The van der Waals surface area contributed by atoms with Crippen LogP contribution in [0.5, 0.6) is 0 Å². The summed E-state index contributed by atoms with van der Waals surface area (Å²) in [4.78, 5) is 21.5. The van der Waals surface area contributed by atoms with Gasteiger partial charge in [0.15, 0.2) is 0 Å². The fourth-order valence-electron chi connectivity index (χ4n) is 3.95. The summed E-state index contributed by atoms with van der Waals surface area (Å²) in [6, 6.07) is 14.2. The van der Waals surface area contributed by atoms with Gasteiger partial charge in [-0.1, -0.05) is 18.2 Å². The van der Waals surface area contributed by atoms with E-state index in [1.165, 1.54) is 17.0 Å². The Morgan fingerprint density at radius 1 is 1.17 bits per heavy atom. The van der Waals surface area contributed by atoms with E-state index in [1.807, 2.05) is 19.1 Å². The third-order valence-electron chi connectivity index (χ3n) is 5.61. The van der Waals surface area contributed by atoms with Crippen LogP contribution in [0.3, 0.4) is 0 Å². The predicted molar refractivity (Wildman–Crippen MR) is 118 cm³/mol. The molecule has 156 valence electrons. The van der Waals surface area contributed by atoms with Crippen LogP contribution in [0, 0.1) is 12.7 Å². The third-order valence-corrected chi connectivity index (χ3v) is 6.47. The summed E-state index contributed by atoms with van der Waals surface area (Å²) in [6.07, 6.45) is 2.00. The van der Waals surface area contributed by atoms with Gasteiger partial charge in [0.05, 0.1) is 11.3 Å². The summed E-state index contributed by atoms with van der Waals surface area (Å²) in [5.74, 6) is -0.112. The number of hydrogen-bond acceptors (Lipinski definition) is 4. The second kappa shape index (κ2) is 9.49. The fraction of sp³-hybridized carbons (Fsp3) is 0.333. The molecule has 0 aliphatic carbocycles. The van der Waals surface area contributed by atoms with Gasteiger partial charge in [-0.05, 0) is 74.1 Å². The van der Waals surface area contributed by atoms with Crippen molar-refractivity contribution in [3.8, 4) is 0 Å². The number of thiophene rings is 1. The zero-order valence-electron chi connectivity index (χ0n) is 17.1. The number of piperidine rings is 1. The molecular weight excluding hydrogens is 397 g/mol. The Hall–Kier alpha value is -2.57. The van der Waals surface area contributed by atoms with Gasteiger partial charge in [0, 0.05) is 29.6 Å². The largest absolute Gasteiger partial charge is 0.348 e. The molecule has 1 aliphatic rings. The number of aryl methyl sites for hydroxylation is 1. The average molecular weight is 424 g/mol. The summed E-state index contributed by atoms with van der Waals surface area (Å²) in [6.45, 7) is 5.35. The fourth-order valence-corrected chi connectivity index (χ4v) is 4.69. The molecule has 0 spiro atoms. The average Bonchev–Trinajstić information content (AvgIpc) is 3.27. The first-order chi connectivity index (χ1) is 14.6. The first-order valence-electron chi connectivity index (χ1n) is 10.3. The molecular formula is C24H26FN3OS. The number of hydrogen-bond donors (Lipinski definition) is 1. The van der Waals surface area contributed by atoms with Crippen molar-refractivity contribution >= 4 is 17.2 Å². The van der Waals surface area contributed by atoms with Crippen LogP contribution in [0.15, 0.2) is 53.9 Å². The molecule has 1 N–H and O–H groups in total. The molecule has 1 saturated heterocycles. The van der Waals surface area contributed by atoms with Gasteiger partial charge >= 0.3 is 0 Å². The second-order valence-corrected chi connectivity index (χ2v) is 8.86. The van der Waals surface area contributed by atoms with Crippen LogP contribution in [0.25, 0.3) is 0 Å². The normalized spacial score (nSPS) is 15.3. The van der Waals surface area contributed by atoms with Crippen molar-refractivity contribution in [2.75, 3.05) is 13.1 Å². The van der Waals surface area contributed by atoms with Gasteiger partial charge in [-0.3, -0.25) is 14.7 Å². The van der Waals surface area contributed by atoms with E-state index < -0.39 is 0 Å². The summed E-state index contributed by atoms with van der Waals surface area (Å²) < 4.78 is 13.1. The maximum absolute atomic E-state index is 13.1. The van der Waals surface area contributed by atoms with Crippen LogP contribution >= 0.6 is 11.3 Å². The smallest absolute Gasteiger partial charge is 0.253 e. The second-order valence-electron chi connectivity index (χ2n) is 7.82. The highest BCUT2D eigenvalue weighted by atomic mass is 32.1. The van der Waals surface area contributed by atoms with E-state index in [1.54, 1.807) is 23.5 Å². The number of carbonyl (C=O) groups is 1. The lowest BCUT2D eigenvalue weighted by Crippen LogP contribution is -2.33. The molecule has 3 heterocycles. The quantitative estimate of drug-likeness (QED) is 0.613. The molecule has 1 aliphatic heterocycles. The van der Waals surface area contributed by atoms with Gasteiger partial charge in [-0.25, -0.2) is 4.39 Å². The minimum absolute atomic E-state index is 0.122. The molecule has 0 radical (unpaired) electrons. The number of likely N-dealkylation sites (tertiary alicyclic amines) is 1. The number of benzene rings is 1. The lowest BCUT2D eigenvalue weighted by atomic mass is 9.89. The highest BCUT2D eigenvalue weighted by Crippen LogP contribution is 2.30. The number of rotatable bonds is 6. The molecule has 1 fully saturated rings. The van der Waals surface area contributed by atoms with Crippen molar-refractivity contribution in [2.24, 2.45) is 0 Å². The number of nitrogens with one attached hydrogen (secondary N) is 1. The number of pyridine rings is 1. The van der Waals surface area contributed by atoms with E-state index in [4.69, 9.17) is 4.98 Å². The number of halogens is 1. The monoisotopic (exact) mass is 423 g/mol. The van der Waals surface area contributed by atoms with E-state index in [9.17, 15) is 9.18 Å². The van der Waals surface area contributed by atoms with Crippen LogP contribution in [-0.2, 0) is 13.1 Å². The Morgan fingerprint density at radius 3 is 2.63 bits per heavy atom. The maximum Gasteiger partial charge on any atom is 0.253 e. The number of aromatic nitrogens is 1. The maximum atomic E-state index is 13.1. The van der Waals surface area contributed by atoms with Crippen LogP contribution in [-0.4, -0.2) is 28.9 Å². The summed E-state index contributed by atoms with van der Waals surface area (Å²) >= 11 is 1.80. The topological polar surface area (TPSA) is 45.2 Å². The van der Waals surface area contributed by atoms with Gasteiger partial charge in [0.25, 0.3) is 5.91 Å². The van der Waals surface area contributed by atoms with Crippen LogP contribution in [0.1, 0.15) is 50.9 Å². The lowest BCUT2D eigenvalue weighted by molar-refractivity contribution is 0.0948. The van der Waals surface area contributed by atoms with Gasteiger partial charge in [0.1, 0.15) is 5.82 Å². The summed E-state index contributed by atoms with van der Waals surface area (Å²) in [7, 11) is 0.